The Morgan fingerprint density at radius 2 is 1.50 bits per heavy atom. The van der Waals surface area contributed by atoms with Crippen molar-refractivity contribution in [3.8, 4) is 0 Å². The fraction of sp³-hybridized carbons (Fsp3) is 1.00. The zero-order valence-electron chi connectivity index (χ0n) is 9.06. The molecule has 1 rings (SSSR count). The standard InChI is InChI=1S/C9H18O5/c1-10-6-5-14-9(13-4)8(12-3)7(6)11-2/h6-9H,5H2,1-4H3/t6-,7-,8+,9?/m0/s1. The highest BCUT2D eigenvalue weighted by atomic mass is 16.7. The quantitative estimate of drug-likeness (QED) is 0.649. The Labute approximate surface area is 84.2 Å². The first kappa shape index (κ1) is 11.9. The molecular formula is C9H18O5. The van der Waals surface area contributed by atoms with E-state index in [0.29, 0.717) is 6.61 Å². The molecule has 0 N–H and O–H groups in total. The summed E-state index contributed by atoms with van der Waals surface area (Å²) in [5.41, 5.74) is 0. The first-order valence-corrected chi connectivity index (χ1v) is 4.51. The van der Waals surface area contributed by atoms with E-state index in [-0.39, 0.29) is 18.3 Å². The molecule has 4 atom stereocenters. The van der Waals surface area contributed by atoms with Crippen LogP contribution in [0, 0.1) is 0 Å². The van der Waals surface area contributed by atoms with Crippen LogP contribution in [0.3, 0.4) is 0 Å². The van der Waals surface area contributed by atoms with Crippen LogP contribution in [0.4, 0.5) is 0 Å². The van der Waals surface area contributed by atoms with Crippen LogP contribution in [0.25, 0.3) is 0 Å². The predicted octanol–water partition coefficient (Wildman–Crippen LogP) is 0.0341. The summed E-state index contributed by atoms with van der Waals surface area (Å²) in [5, 5.41) is 0. The maximum atomic E-state index is 5.41. The van der Waals surface area contributed by atoms with Crippen LogP contribution < -0.4 is 0 Å². The molecule has 1 aliphatic heterocycles. The Morgan fingerprint density at radius 1 is 0.857 bits per heavy atom. The van der Waals surface area contributed by atoms with E-state index in [2.05, 4.69) is 0 Å². The Kier molecular flexibility index (Phi) is 4.77. The molecule has 1 fully saturated rings. The summed E-state index contributed by atoms with van der Waals surface area (Å²) < 4.78 is 26.4. The Bertz CT molecular complexity index is 145. The maximum absolute atomic E-state index is 5.41. The average Bonchev–Trinajstić information content (AvgIpc) is 2.26. The lowest BCUT2D eigenvalue weighted by Gasteiger charge is -2.39. The monoisotopic (exact) mass is 206 g/mol. The van der Waals surface area contributed by atoms with Crippen LogP contribution in [0.5, 0.6) is 0 Å². The molecule has 0 aliphatic carbocycles. The molecule has 0 aromatic heterocycles. The van der Waals surface area contributed by atoms with Gasteiger partial charge in [-0.1, -0.05) is 0 Å². The summed E-state index contributed by atoms with van der Waals surface area (Å²) in [5.74, 6) is 0. The number of methoxy groups -OCH3 is 4. The molecule has 1 saturated heterocycles. The Hall–Kier alpha value is -0.200. The van der Waals surface area contributed by atoms with Gasteiger partial charge in [0, 0.05) is 28.4 Å². The highest BCUT2D eigenvalue weighted by Crippen LogP contribution is 2.22. The van der Waals surface area contributed by atoms with Gasteiger partial charge in [0.2, 0.25) is 0 Å². The molecule has 1 aliphatic rings. The van der Waals surface area contributed by atoms with Crippen LogP contribution in [0.15, 0.2) is 0 Å². The Morgan fingerprint density at radius 3 is 1.93 bits per heavy atom. The third kappa shape index (κ3) is 2.24. The van der Waals surface area contributed by atoms with Gasteiger partial charge in [-0.15, -0.1) is 0 Å². The van der Waals surface area contributed by atoms with Gasteiger partial charge in [-0.05, 0) is 0 Å². The largest absolute Gasteiger partial charge is 0.376 e. The lowest BCUT2D eigenvalue weighted by molar-refractivity contribution is -0.276. The number of rotatable bonds is 4. The first-order valence-electron chi connectivity index (χ1n) is 4.51. The minimum atomic E-state index is -0.392. The minimum Gasteiger partial charge on any atom is -0.376 e. The lowest BCUT2D eigenvalue weighted by Crippen LogP contribution is -2.55. The zero-order chi connectivity index (χ0) is 10.6. The number of hydrogen-bond acceptors (Lipinski definition) is 5. The SMILES string of the molecule is COC1OC[C@H](OC)[C@H](OC)[C@H]1OC. The van der Waals surface area contributed by atoms with Crippen LogP contribution in [-0.2, 0) is 23.7 Å². The van der Waals surface area contributed by atoms with Gasteiger partial charge in [-0.3, -0.25) is 0 Å². The van der Waals surface area contributed by atoms with Crippen molar-refractivity contribution in [2.45, 2.75) is 24.6 Å². The third-order valence-corrected chi connectivity index (χ3v) is 2.46. The van der Waals surface area contributed by atoms with E-state index in [1.54, 1.807) is 28.4 Å². The van der Waals surface area contributed by atoms with Gasteiger partial charge < -0.3 is 23.7 Å². The molecule has 1 unspecified atom stereocenters. The molecule has 0 bridgehead atoms. The van der Waals surface area contributed by atoms with Crippen LogP contribution in [0.2, 0.25) is 0 Å². The number of hydrogen-bond donors (Lipinski definition) is 0. The van der Waals surface area contributed by atoms with Crippen LogP contribution in [-0.4, -0.2) is 59.6 Å². The second-order valence-electron chi connectivity index (χ2n) is 3.11. The smallest absolute Gasteiger partial charge is 0.186 e. The van der Waals surface area contributed by atoms with Gasteiger partial charge in [0.1, 0.15) is 18.3 Å². The molecule has 0 aromatic carbocycles. The molecule has 0 aromatic rings. The van der Waals surface area contributed by atoms with Gasteiger partial charge in [0.15, 0.2) is 6.29 Å². The number of ether oxygens (including phenoxy) is 5. The van der Waals surface area contributed by atoms with Crippen molar-refractivity contribution in [1.29, 1.82) is 0 Å². The molecule has 0 saturated carbocycles. The highest BCUT2D eigenvalue weighted by Gasteiger charge is 2.41. The van der Waals surface area contributed by atoms with E-state index in [1.165, 1.54) is 0 Å². The predicted molar refractivity (Wildman–Crippen MR) is 49.1 cm³/mol. The molecule has 5 nitrogen and oxygen atoms in total. The molecular weight excluding hydrogens is 188 g/mol. The lowest BCUT2D eigenvalue weighted by atomic mass is 10.0. The summed E-state index contributed by atoms with van der Waals surface area (Å²) in [4.78, 5) is 0. The molecule has 5 heteroatoms. The topological polar surface area (TPSA) is 46.2 Å². The van der Waals surface area contributed by atoms with Crippen molar-refractivity contribution < 1.29 is 23.7 Å². The normalized spacial score (nSPS) is 38.6. The van der Waals surface area contributed by atoms with Gasteiger partial charge in [-0.25, -0.2) is 0 Å². The maximum Gasteiger partial charge on any atom is 0.186 e. The fourth-order valence-electron chi connectivity index (χ4n) is 1.68. The summed E-state index contributed by atoms with van der Waals surface area (Å²) in [6, 6.07) is 0. The van der Waals surface area contributed by atoms with Gasteiger partial charge in [0.25, 0.3) is 0 Å². The van der Waals surface area contributed by atoms with Crippen molar-refractivity contribution >= 4 is 0 Å². The average molecular weight is 206 g/mol. The van der Waals surface area contributed by atoms with Crippen LogP contribution >= 0.6 is 0 Å². The molecule has 0 spiro atoms. The molecule has 14 heavy (non-hydrogen) atoms. The highest BCUT2D eigenvalue weighted by molar-refractivity contribution is 4.85. The van der Waals surface area contributed by atoms with E-state index in [1.807, 2.05) is 0 Å². The van der Waals surface area contributed by atoms with Gasteiger partial charge >= 0.3 is 0 Å². The molecule has 0 radical (unpaired) electrons. The van der Waals surface area contributed by atoms with E-state index in [9.17, 15) is 0 Å². The van der Waals surface area contributed by atoms with E-state index in [0.717, 1.165) is 0 Å². The minimum absolute atomic E-state index is 0.114. The third-order valence-electron chi connectivity index (χ3n) is 2.46. The summed E-state index contributed by atoms with van der Waals surface area (Å²) in [6.45, 7) is 0.452. The molecule has 84 valence electrons. The first-order chi connectivity index (χ1) is 6.78. The summed E-state index contributed by atoms with van der Waals surface area (Å²) in [7, 11) is 6.43. The van der Waals surface area contributed by atoms with Gasteiger partial charge in [-0.2, -0.15) is 0 Å². The fourth-order valence-corrected chi connectivity index (χ4v) is 1.68. The zero-order valence-corrected chi connectivity index (χ0v) is 9.06. The van der Waals surface area contributed by atoms with E-state index < -0.39 is 6.29 Å². The van der Waals surface area contributed by atoms with Crippen molar-refractivity contribution in [2.75, 3.05) is 35.0 Å². The van der Waals surface area contributed by atoms with Crippen molar-refractivity contribution in [1.82, 2.24) is 0 Å². The van der Waals surface area contributed by atoms with E-state index >= 15 is 0 Å². The van der Waals surface area contributed by atoms with Crippen LogP contribution in [0.1, 0.15) is 0 Å². The van der Waals surface area contributed by atoms with Crippen molar-refractivity contribution in [2.24, 2.45) is 0 Å². The van der Waals surface area contributed by atoms with E-state index in [4.69, 9.17) is 23.7 Å². The molecule has 0 amide bonds. The second kappa shape index (κ2) is 5.63. The van der Waals surface area contributed by atoms with Gasteiger partial charge in [0.05, 0.1) is 6.61 Å². The summed E-state index contributed by atoms with van der Waals surface area (Å²) in [6.07, 6.45) is -0.930. The summed E-state index contributed by atoms with van der Waals surface area (Å²) >= 11 is 0. The van der Waals surface area contributed by atoms with Crippen molar-refractivity contribution in [3.05, 3.63) is 0 Å². The second-order valence-corrected chi connectivity index (χ2v) is 3.11. The Balaban J connectivity index is 2.67. The van der Waals surface area contributed by atoms with Crippen molar-refractivity contribution in [3.63, 3.8) is 0 Å². The molecule has 1 heterocycles.